The van der Waals surface area contributed by atoms with Crippen molar-refractivity contribution < 1.29 is 42.8 Å². The van der Waals surface area contributed by atoms with Gasteiger partial charge in [0.25, 0.3) is 0 Å². The Kier molecular flexibility index (Phi) is 31.5. The third-order valence-corrected chi connectivity index (χ3v) is 0.416. The van der Waals surface area contributed by atoms with E-state index in [2.05, 4.69) is 12.2 Å². The summed E-state index contributed by atoms with van der Waals surface area (Å²) in [5, 5.41) is 11.8. The standard InChI is InChI=1S/C4H9NO.2Li/c1-2-5-3-4-6;;/h6H,1-4H2;;/q-2;2*+1. The van der Waals surface area contributed by atoms with Gasteiger partial charge in [-0.15, -0.1) is 6.54 Å². The third kappa shape index (κ3) is 15.7. The van der Waals surface area contributed by atoms with Crippen LogP contribution in [0, 0.1) is 6.92 Å². The molecule has 1 N–H and O–H groups in total. The van der Waals surface area contributed by atoms with Crippen LogP contribution in [0.25, 0.3) is 5.32 Å². The first-order valence-electron chi connectivity index (χ1n) is 1.95. The number of nitrogens with zero attached hydrogens (tertiary/aromatic N) is 1. The molecule has 0 aromatic rings. The Morgan fingerprint density at radius 1 is 1.38 bits per heavy atom. The quantitative estimate of drug-likeness (QED) is 0.214. The molecule has 4 heteroatoms. The van der Waals surface area contributed by atoms with Crippen molar-refractivity contribution in [2.75, 3.05) is 19.7 Å². The Morgan fingerprint density at radius 3 is 2.00 bits per heavy atom. The van der Waals surface area contributed by atoms with Gasteiger partial charge in [-0.1, -0.05) is 0 Å². The Bertz CT molecular complexity index is 26.0. The largest absolute Gasteiger partial charge is 1.00 e. The zero-order valence-electron chi connectivity index (χ0n) is 5.72. The Balaban J connectivity index is -0.000000125. The number of hydrogen-bond donors (Lipinski definition) is 1. The van der Waals surface area contributed by atoms with Crippen LogP contribution in [0.3, 0.4) is 0 Å². The van der Waals surface area contributed by atoms with E-state index in [9.17, 15) is 0 Å². The molecule has 0 spiro atoms. The molecule has 0 saturated carbocycles. The van der Waals surface area contributed by atoms with Crippen molar-refractivity contribution in [1.29, 1.82) is 0 Å². The van der Waals surface area contributed by atoms with Gasteiger partial charge in [0.05, 0.1) is 0 Å². The van der Waals surface area contributed by atoms with Crippen LogP contribution in [0.15, 0.2) is 0 Å². The van der Waals surface area contributed by atoms with E-state index in [-0.39, 0.29) is 44.3 Å². The van der Waals surface area contributed by atoms with Gasteiger partial charge in [-0.3, -0.25) is 6.54 Å². The van der Waals surface area contributed by atoms with Crippen molar-refractivity contribution >= 4 is 0 Å². The first-order chi connectivity index (χ1) is 2.91. The Morgan fingerprint density at radius 2 is 1.88 bits per heavy atom. The summed E-state index contributed by atoms with van der Waals surface area (Å²) in [6, 6.07) is 0. The molecule has 0 aliphatic carbocycles. The molecule has 0 saturated heterocycles. The summed E-state index contributed by atoms with van der Waals surface area (Å²) in [4.78, 5) is 0. The predicted octanol–water partition coefficient (Wildman–Crippen LogP) is -5.81. The van der Waals surface area contributed by atoms with Gasteiger partial charge in [0, 0.05) is 6.61 Å². The van der Waals surface area contributed by atoms with E-state index in [0.29, 0.717) is 13.1 Å². The summed E-state index contributed by atoms with van der Waals surface area (Å²) in [6.45, 7) is 4.70. The van der Waals surface area contributed by atoms with Gasteiger partial charge in [-0.05, 0) is 0 Å². The van der Waals surface area contributed by atoms with Gasteiger partial charge in [0.15, 0.2) is 0 Å². The predicted molar refractivity (Wildman–Crippen MR) is 25.5 cm³/mol. The summed E-state index contributed by atoms with van der Waals surface area (Å²) in [5.41, 5.74) is 0. The fraction of sp³-hybridized carbons (Fsp3) is 0.750. The molecule has 0 radical (unpaired) electrons. The number of hydrogen-bond acceptors (Lipinski definition) is 1. The molecule has 38 valence electrons. The van der Waals surface area contributed by atoms with Crippen LogP contribution < -0.4 is 37.7 Å². The number of aliphatic hydroxyl groups is 1. The summed E-state index contributed by atoms with van der Waals surface area (Å²) < 4.78 is 0. The molecule has 0 rings (SSSR count). The van der Waals surface area contributed by atoms with Crippen molar-refractivity contribution in [3.05, 3.63) is 12.2 Å². The molecule has 0 amide bonds. The second-order valence-electron chi connectivity index (χ2n) is 0.894. The SMILES string of the molecule is [CH2-]C[N-]CCO.[Li+].[Li+]. The van der Waals surface area contributed by atoms with E-state index in [4.69, 9.17) is 5.11 Å². The average Bonchev–Trinajstić information content (AvgIpc) is 1.61. The van der Waals surface area contributed by atoms with Crippen LogP contribution in [0.1, 0.15) is 0 Å². The van der Waals surface area contributed by atoms with Gasteiger partial charge in [0.1, 0.15) is 0 Å². The van der Waals surface area contributed by atoms with Crippen LogP contribution in [0.2, 0.25) is 0 Å². The summed E-state index contributed by atoms with van der Waals surface area (Å²) >= 11 is 0. The molecule has 0 bridgehead atoms. The van der Waals surface area contributed by atoms with Crippen LogP contribution >= 0.6 is 0 Å². The summed E-state index contributed by atoms with van der Waals surface area (Å²) in [6.07, 6.45) is 0. The van der Waals surface area contributed by atoms with Gasteiger partial charge in [-0.25, -0.2) is 0 Å². The van der Waals surface area contributed by atoms with E-state index < -0.39 is 0 Å². The van der Waals surface area contributed by atoms with Crippen molar-refractivity contribution in [3.8, 4) is 0 Å². The van der Waals surface area contributed by atoms with E-state index in [1.807, 2.05) is 0 Å². The molecule has 0 aliphatic heterocycles. The van der Waals surface area contributed by atoms with E-state index in [1.165, 1.54) is 0 Å². The van der Waals surface area contributed by atoms with Gasteiger partial charge in [0.2, 0.25) is 0 Å². The van der Waals surface area contributed by atoms with Crippen LogP contribution in [0.4, 0.5) is 0 Å². The average molecular weight is 101 g/mol. The van der Waals surface area contributed by atoms with Crippen molar-refractivity contribution in [2.45, 2.75) is 0 Å². The molecule has 2 nitrogen and oxygen atoms in total. The fourth-order valence-corrected chi connectivity index (χ4v) is 0.183. The molecule has 0 atom stereocenters. The zero-order valence-corrected chi connectivity index (χ0v) is 5.72. The molecular weight excluding hydrogens is 91.9 g/mol. The summed E-state index contributed by atoms with van der Waals surface area (Å²) in [7, 11) is 0. The molecular formula is C4H9Li2NO. The minimum Gasteiger partial charge on any atom is -0.687 e. The second kappa shape index (κ2) is 15.7. The molecule has 0 fully saturated rings. The Labute approximate surface area is 74.8 Å². The molecule has 0 heterocycles. The van der Waals surface area contributed by atoms with Crippen molar-refractivity contribution in [1.82, 2.24) is 0 Å². The van der Waals surface area contributed by atoms with Gasteiger partial charge < -0.3 is 17.3 Å². The number of aliphatic hydroxyl groups excluding tert-OH is 1. The van der Waals surface area contributed by atoms with Gasteiger partial charge >= 0.3 is 37.7 Å². The minimum absolute atomic E-state index is 0. The van der Waals surface area contributed by atoms with Crippen molar-refractivity contribution in [3.63, 3.8) is 0 Å². The molecule has 8 heavy (non-hydrogen) atoms. The van der Waals surface area contributed by atoms with E-state index in [0.717, 1.165) is 0 Å². The van der Waals surface area contributed by atoms with Crippen molar-refractivity contribution in [2.24, 2.45) is 0 Å². The molecule has 0 aromatic carbocycles. The number of rotatable bonds is 3. The monoisotopic (exact) mass is 101 g/mol. The maximum atomic E-state index is 8.08. The Hall–Kier alpha value is 1.11. The molecule has 0 unspecified atom stereocenters. The van der Waals surface area contributed by atoms with Crippen LogP contribution in [-0.2, 0) is 0 Å². The van der Waals surface area contributed by atoms with Crippen LogP contribution in [-0.4, -0.2) is 24.8 Å². The third-order valence-electron chi connectivity index (χ3n) is 0.416. The maximum Gasteiger partial charge on any atom is 1.00 e. The second-order valence-corrected chi connectivity index (χ2v) is 0.894. The van der Waals surface area contributed by atoms with E-state index >= 15 is 0 Å². The minimum atomic E-state index is 0. The molecule has 0 aliphatic rings. The zero-order chi connectivity index (χ0) is 4.83. The van der Waals surface area contributed by atoms with Gasteiger partial charge in [-0.2, -0.15) is 0 Å². The topological polar surface area (TPSA) is 34.3 Å². The van der Waals surface area contributed by atoms with E-state index in [1.54, 1.807) is 0 Å². The summed E-state index contributed by atoms with van der Waals surface area (Å²) in [5.74, 6) is 0. The van der Waals surface area contributed by atoms with Crippen LogP contribution in [0.5, 0.6) is 0 Å². The normalized spacial score (nSPS) is 6.75. The first kappa shape index (κ1) is 16.1. The smallest absolute Gasteiger partial charge is 0.687 e. The first-order valence-corrected chi connectivity index (χ1v) is 1.95. The molecule has 0 aromatic heterocycles. The maximum absolute atomic E-state index is 8.08. The fourth-order valence-electron chi connectivity index (χ4n) is 0.183.